The van der Waals surface area contributed by atoms with E-state index >= 15 is 0 Å². The molecule has 0 aromatic heterocycles. The first-order chi connectivity index (χ1) is 7.66. The number of hydrogen-bond acceptors (Lipinski definition) is 1. The number of anilines is 1. The third-order valence-corrected chi connectivity index (χ3v) is 3.54. The monoisotopic (exact) mass is 241 g/mol. The van der Waals surface area contributed by atoms with Gasteiger partial charge < -0.3 is 5.32 Å². The second-order valence-corrected chi connectivity index (χ2v) is 5.12. The highest BCUT2D eigenvalue weighted by Crippen LogP contribution is 2.28. The van der Waals surface area contributed by atoms with Crippen molar-refractivity contribution in [3.63, 3.8) is 0 Å². The van der Waals surface area contributed by atoms with Crippen molar-refractivity contribution >= 4 is 17.3 Å². The van der Waals surface area contributed by atoms with Gasteiger partial charge in [0.25, 0.3) is 0 Å². The SMILES string of the molecule is CC1CCCC(Nc2cccc(Cl)c2F)C1. The van der Waals surface area contributed by atoms with Gasteiger partial charge in [0, 0.05) is 6.04 Å². The molecule has 1 fully saturated rings. The Hall–Kier alpha value is -0.760. The fourth-order valence-electron chi connectivity index (χ4n) is 2.40. The van der Waals surface area contributed by atoms with Crippen molar-refractivity contribution in [3.8, 4) is 0 Å². The minimum absolute atomic E-state index is 0.189. The van der Waals surface area contributed by atoms with Gasteiger partial charge in [0.1, 0.15) is 0 Å². The molecule has 2 unspecified atom stereocenters. The minimum atomic E-state index is -0.331. The van der Waals surface area contributed by atoms with Gasteiger partial charge in [-0.15, -0.1) is 0 Å². The average molecular weight is 242 g/mol. The van der Waals surface area contributed by atoms with Crippen LogP contribution in [0.25, 0.3) is 0 Å². The quantitative estimate of drug-likeness (QED) is 0.806. The maximum absolute atomic E-state index is 13.7. The smallest absolute Gasteiger partial charge is 0.164 e. The van der Waals surface area contributed by atoms with E-state index < -0.39 is 0 Å². The maximum atomic E-state index is 13.7. The standard InChI is InChI=1S/C13H17ClFN/c1-9-4-2-5-10(8-9)16-12-7-3-6-11(14)13(12)15/h3,6-7,9-10,16H,2,4-5,8H2,1H3. The van der Waals surface area contributed by atoms with Crippen molar-refractivity contribution in [3.05, 3.63) is 29.0 Å². The van der Waals surface area contributed by atoms with Gasteiger partial charge in [-0.1, -0.05) is 37.4 Å². The second-order valence-electron chi connectivity index (χ2n) is 4.71. The van der Waals surface area contributed by atoms with Crippen molar-refractivity contribution in [2.24, 2.45) is 5.92 Å². The van der Waals surface area contributed by atoms with Crippen molar-refractivity contribution in [1.29, 1.82) is 0 Å². The predicted molar refractivity (Wildman–Crippen MR) is 66.5 cm³/mol. The van der Waals surface area contributed by atoms with Gasteiger partial charge in [0.05, 0.1) is 10.7 Å². The van der Waals surface area contributed by atoms with Crippen molar-refractivity contribution < 1.29 is 4.39 Å². The molecular formula is C13H17ClFN. The molecule has 0 amide bonds. The molecule has 0 aliphatic heterocycles. The van der Waals surface area contributed by atoms with Gasteiger partial charge in [-0.05, 0) is 30.9 Å². The van der Waals surface area contributed by atoms with Gasteiger partial charge in [-0.25, -0.2) is 4.39 Å². The summed E-state index contributed by atoms with van der Waals surface area (Å²) in [4.78, 5) is 0. The second kappa shape index (κ2) is 5.05. The van der Waals surface area contributed by atoms with E-state index in [2.05, 4.69) is 12.2 Å². The van der Waals surface area contributed by atoms with Crippen LogP contribution in [0.1, 0.15) is 32.6 Å². The molecule has 1 aliphatic carbocycles. The van der Waals surface area contributed by atoms with Crippen molar-refractivity contribution in [2.45, 2.75) is 38.6 Å². The fourth-order valence-corrected chi connectivity index (χ4v) is 2.57. The molecule has 3 heteroatoms. The molecule has 0 bridgehead atoms. The number of hydrogen-bond donors (Lipinski definition) is 1. The molecule has 1 saturated carbocycles. The Morgan fingerprint density at radius 1 is 1.38 bits per heavy atom. The molecule has 1 aromatic carbocycles. The highest BCUT2D eigenvalue weighted by Gasteiger charge is 2.19. The van der Waals surface area contributed by atoms with Gasteiger partial charge in [0.15, 0.2) is 5.82 Å². The lowest BCUT2D eigenvalue weighted by Gasteiger charge is -2.28. The Morgan fingerprint density at radius 2 is 2.19 bits per heavy atom. The summed E-state index contributed by atoms with van der Waals surface area (Å²) in [7, 11) is 0. The Labute approximate surface area is 101 Å². The van der Waals surface area contributed by atoms with E-state index in [4.69, 9.17) is 11.6 Å². The Balaban J connectivity index is 2.05. The van der Waals surface area contributed by atoms with E-state index in [1.165, 1.54) is 12.8 Å². The molecule has 0 spiro atoms. The van der Waals surface area contributed by atoms with Crippen LogP contribution >= 0.6 is 11.6 Å². The Kier molecular flexibility index (Phi) is 3.70. The maximum Gasteiger partial charge on any atom is 0.164 e. The number of nitrogens with one attached hydrogen (secondary N) is 1. The lowest BCUT2D eigenvalue weighted by Crippen LogP contribution is -2.26. The highest BCUT2D eigenvalue weighted by atomic mass is 35.5. The molecule has 16 heavy (non-hydrogen) atoms. The van der Waals surface area contributed by atoms with Gasteiger partial charge in [0.2, 0.25) is 0 Å². The van der Waals surface area contributed by atoms with E-state index in [1.54, 1.807) is 18.2 Å². The third-order valence-electron chi connectivity index (χ3n) is 3.25. The van der Waals surface area contributed by atoms with Crippen LogP contribution in [0, 0.1) is 11.7 Å². The zero-order valence-corrected chi connectivity index (χ0v) is 10.2. The minimum Gasteiger partial charge on any atom is -0.380 e. The lowest BCUT2D eigenvalue weighted by atomic mass is 9.87. The van der Waals surface area contributed by atoms with Gasteiger partial charge >= 0.3 is 0 Å². The van der Waals surface area contributed by atoms with E-state index in [9.17, 15) is 4.39 Å². The first-order valence-electron chi connectivity index (χ1n) is 5.87. The molecule has 1 aliphatic rings. The molecule has 2 rings (SSSR count). The summed E-state index contributed by atoms with van der Waals surface area (Å²) in [5, 5.41) is 3.45. The molecule has 0 radical (unpaired) electrons. The first kappa shape index (κ1) is 11.7. The summed E-state index contributed by atoms with van der Waals surface area (Å²) >= 11 is 5.75. The summed E-state index contributed by atoms with van der Waals surface area (Å²) in [6, 6.07) is 5.49. The van der Waals surface area contributed by atoms with E-state index in [1.807, 2.05) is 0 Å². The fraction of sp³-hybridized carbons (Fsp3) is 0.538. The zero-order chi connectivity index (χ0) is 11.5. The summed E-state index contributed by atoms with van der Waals surface area (Å²) in [5.41, 5.74) is 0.534. The number of benzene rings is 1. The Bertz CT molecular complexity index is 367. The lowest BCUT2D eigenvalue weighted by molar-refractivity contribution is 0.358. The van der Waals surface area contributed by atoms with Crippen LogP contribution in [0.2, 0.25) is 5.02 Å². The molecule has 1 nitrogen and oxygen atoms in total. The van der Waals surface area contributed by atoms with E-state index in [0.717, 1.165) is 18.8 Å². The molecule has 1 aromatic rings. The zero-order valence-electron chi connectivity index (χ0n) is 9.47. The molecule has 2 atom stereocenters. The molecule has 88 valence electrons. The van der Waals surface area contributed by atoms with E-state index in [0.29, 0.717) is 11.7 Å². The molecule has 0 heterocycles. The highest BCUT2D eigenvalue weighted by molar-refractivity contribution is 6.31. The van der Waals surface area contributed by atoms with Gasteiger partial charge in [-0.3, -0.25) is 0 Å². The van der Waals surface area contributed by atoms with Crippen LogP contribution in [0.3, 0.4) is 0 Å². The predicted octanol–water partition coefficient (Wildman–Crippen LogP) is 4.47. The van der Waals surface area contributed by atoms with Crippen LogP contribution in [0.5, 0.6) is 0 Å². The normalized spacial score (nSPS) is 25.4. The van der Waals surface area contributed by atoms with E-state index in [-0.39, 0.29) is 10.8 Å². The first-order valence-corrected chi connectivity index (χ1v) is 6.25. The van der Waals surface area contributed by atoms with Crippen LogP contribution in [-0.2, 0) is 0 Å². The van der Waals surface area contributed by atoms with Crippen LogP contribution in [0.15, 0.2) is 18.2 Å². The number of rotatable bonds is 2. The molecule has 0 saturated heterocycles. The van der Waals surface area contributed by atoms with Crippen LogP contribution < -0.4 is 5.32 Å². The summed E-state index contributed by atoms with van der Waals surface area (Å²) in [6.45, 7) is 2.25. The van der Waals surface area contributed by atoms with Crippen molar-refractivity contribution in [1.82, 2.24) is 0 Å². The summed E-state index contributed by atoms with van der Waals surface area (Å²) < 4.78 is 13.7. The third kappa shape index (κ3) is 2.67. The average Bonchev–Trinajstić information content (AvgIpc) is 2.25. The topological polar surface area (TPSA) is 12.0 Å². The number of halogens is 2. The van der Waals surface area contributed by atoms with Crippen LogP contribution in [0.4, 0.5) is 10.1 Å². The van der Waals surface area contributed by atoms with Crippen LogP contribution in [-0.4, -0.2) is 6.04 Å². The summed E-state index contributed by atoms with van der Waals surface area (Å²) in [5.74, 6) is 0.399. The largest absolute Gasteiger partial charge is 0.380 e. The Morgan fingerprint density at radius 3 is 2.94 bits per heavy atom. The van der Waals surface area contributed by atoms with Crippen molar-refractivity contribution in [2.75, 3.05) is 5.32 Å². The van der Waals surface area contributed by atoms with Gasteiger partial charge in [-0.2, -0.15) is 0 Å². The summed E-state index contributed by atoms with van der Waals surface area (Å²) in [6.07, 6.45) is 4.75. The molecule has 1 N–H and O–H groups in total. The molecular weight excluding hydrogens is 225 g/mol.